The van der Waals surface area contributed by atoms with E-state index >= 15 is 0 Å². The zero-order chi connectivity index (χ0) is 10.9. The van der Waals surface area contributed by atoms with Crippen molar-refractivity contribution in [2.45, 2.75) is 6.92 Å². The Bertz CT molecular complexity index is 417. The Balaban J connectivity index is 0.00000196. The second-order valence-corrected chi connectivity index (χ2v) is 2.57. The average Bonchev–Trinajstić information content (AvgIpc) is 2.08. The Hall–Kier alpha value is -2.22. The van der Waals surface area contributed by atoms with Gasteiger partial charge in [0.25, 0.3) is 0 Å². The number of nitro benzene ring substituents is 2. The Morgan fingerprint density at radius 3 is 2.07 bits per heavy atom. The summed E-state index contributed by atoms with van der Waals surface area (Å²) in [5.74, 6) is -0.581. The van der Waals surface area contributed by atoms with E-state index in [-0.39, 0.29) is 11.7 Å². The molecule has 1 aromatic rings. The predicted molar refractivity (Wildman–Crippen MR) is 49.9 cm³/mol. The highest BCUT2D eigenvalue weighted by Gasteiger charge is 2.26. The van der Waals surface area contributed by atoms with E-state index in [1.807, 2.05) is 0 Å². The topological polar surface area (TPSA) is 146 Å². The van der Waals surface area contributed by atoms with Crippen molar-refractivity contribution in [1.29, 1.82) is 0 Å². The minimum absolute atomic E-state index is 0. The number of nitrogens with zero attached hydrogens (tertiary/aromatic N) is 2. The zero-order valence-electron chi connectivity index (χ0n) is 8.09. The summed E-state index contributed by atoms with van der Waals surface area (Å²) in [6, 6.07) is 1.79. The van der Waals surface area contributed by atoms with Crippen LogP contribution in [0.5, 0.6) is 5.75 Å². The molecule has 1 rings (SSSR count). The highest BCUT2D eigenvalue weighted by Crippen LogP contribution is 2.33. The molecule has 15 heavy (non-hydrogen) atoms. The first-order chi connectivity index (χ1) is 6.45. The lowest BCUT2D eigenvalue weighted by atomic mass is 10.1. The molecule has 0 unspecified atom stereocenters. The van der Waals surface area contributed by atoms with Crippen molar-refractivity contribution in [1.82, 2.24) is 6.15 Å². The number of hydrogen-bond donors (Lipinski definition) is 1. The first kappa shape index (κ1) is 12.8. The van der Waals surface area contributed by atoms with Gasteiger partial charge in [0.2, 0.25) is 0 Å². The van der Waals surface area contributed by atoms with E-state index in [1.54, 1.807) is 0 Å². The molecular weight excluding hydrogens is 206 g/mol. The van der Waals surface area contributed by atoms with Crippen molar-refractivity contribution < 1.29 is 15.0 Å². The molecule has 0 fully saturated rings. The van der Waals surface area contributed by atoms with E-state index < -0.39 is 27.0 Å². The third-order valence-electron chi connectivity index (χ3n) is 1.74. The van der Waals surface area contributed by atoms with E-state index in [2.05, 4.69) is 0 Å². The van der Waals surface area contributed by atoms with Crippen LogP contribution < -0.4 is 11.3 Å². The van der Waals surface area contributed by atoms with Gasteiger partial charge in [0, 0.05) is 11.6 Å². The molecule has 0 aromatic heterocycles. The van der Waals surface area contributed by atoms with Crippen LogP contribution in [0.2, 0.25) is 0 Å². The van der Waals surface area contributed by atoms with Crippen LogP contribution in [-0.4, -0.2) is 9.85 Å². The minimum atomic E-state index is -0.922. The van der Waals surface area contributed by atoms with Crippen LogP contribution in [0.1, 0.15) is 5.56 Å². The van der Waals surface area contributed by atoms with Crippen molar-refractivity contribution in [2.75, 3.05) is 0 Å². The number of rotatable bonds is 2. The smallest absolute Gasteiger partial charge is 0.348 e. The van der Waals surface area contributed by atoms with Gasteiger partial charge in [0.15, 0.2) is 0 Å². The van der Waals surface area contributed by atoms with Crippen molar-refractivity contribution >= 4 is 11.4 Å². The number of quaternary nitrogens is 1. The SMILES string of the molecule is Cc1c([O-])ccc([N+](=O)[O-])c1[N+](=O)[O-].[NH4+]. The van der Waals surface area contributed by atoms with Crippen molar-refractivity contribution in [3.63, 3.8) is 0 Å². The summed E-state index contributed by atoms with van der Waals surface area (Å²) in [6.45, 7) is 1.19. The molecule has 0 aliphatic rings. The van der Waals surface area contributed by atoms with E-state index in [9.17, 15) is 25.3 Å². The summed E-state index contributed by atoms with van der Waals surface area (Å²) in [4.78, 5) is 19.0. The van der Waals surface area contributed by atoms with Crippen LogP contribution in [0, 0.1) is 27.2 Å². The van der Waals surface area contributed by atoms with Crippen LogP contribution >= 0.6 is 0 Å². The van der Waals surface area contributed by atoms with Gasteiger partial charge in [-0.3, -0.25) is 20.2 Å². The molecule has 1 aromatic carbocycles. The Kier molecular flexibility index (Phi) is 3.69. The maximum absolute atomic E-state index is 11.0. The quantitative estimate of drug-likeness (QED) is 0.582. The molecule has 82 valence electrons. The first-order valence-corrected chi connectivity index (χ1v) is 3.54. The van der Waals surface area contributed by atoms with Gasteiger partial charge in [-0.15, -0.1) is 0 Å². The highest BCUT2D eigenvalue weighted by molar-refractivity contribution is 5.61. The van der Waals surface area contributed by atoms with Crippen LogP contribution in [0.3, 0.4) is 0 Å². The number of nitro groups is 2. The molecule has 0 saturated heterocycles. The van der Waals surface area contributed by atoms with Gasteiger partial charge in [-0.2, -0.15) is 0 Å². The molecule has 0 heterocycles. The first-order valence-electron chi connectivity index (χ1n) is 3.54. The molecule has 0 aliphatic carbocycles. The molecule has 0 amide bonds. The normalized spacial score (nSPS) is 9.13. The fourth-order valence-electron chi connectivity index (χ4n) is 1.05. The molecule has 4 N–H and O–H groups in total. The van der Waals surface area contributed by atoms with Gasteiger partial charge < -0.3 is 11.3 Å². The summed E-state index contributed by atoms with van der Waals surface area (Å²) in [5, 5.41) is 31.8. The van der Waals surface area contributed by atoms with E-state index in [4.69, 9.17) is 0 Å². The highest BCUT2D eigenvalue weighted by atomic mass is 16.6. The van der Waals surface area contributed by atoms with Crippen molar-refractivity contribution in [3.8, 4) is 5.75 Å². The summed E-state index contributed by atoms with van der Waals surface area (Å²) >= 11 is 0. The third-order valence-corrected chi connectivity index (χ3v) is 1.74. The van der Waals surface area contributed by atoms with Crippen LogP contribution in [0.15, 0.2) is 12.1 Å². The molecule has 0 radical (unpaired) electrons. The number of hydrogen-bond acceptors (Lipinski definition) is 5. The fraction of sp³-hybridized carbons (Fsp3) is 0.143. The van der Waals surface area contributed by atoms with Gasteiger partial charge in [0.05, 0.1) is 9.85 Å². The summed E-state index contributed by atoms with van der Waals surface area (Å²) < 4.78 is 0. The Morgan fingerprint density at radius 1 is 1.13 bits per heavy atom. The summed E-state index contributed by atoms with van der Waals surface area (Å²) in [5.41, 5.74) is -1.61. The molecular formula is C7H9N3O5. The van der Waals surface area contributed by atoms with Gasteiger partial charge in [-0.1, -0.05) is 11.8 Å². The largest absolute Gasteiger partial charge is 0.872 e. The lowest BCUT2D eigenvalue weighted by Gasteiger charge is -2.08. The molecule has 0 saturated carbocycles. The van der Waals surface area contributed by atoms with Crippen molar-refractivity contribution in [2.24, 2.45) is 0 Å². The molecule has 8 nitrogen and oxygen atoms in total. The molecule has 0 aliphatic heterocycles. The molecule has 0 spiro atoms. The van der Waals surface area contributed by atoms with Crippen LogP contribution in [0.25, 0.3) is 0 Å². The van der Waals surface area contributed by atoms with Crippen LogP contribution in [0.4, 0.5) is 11.4 Å². The maximum Gasteiger partial charge on any atom is 0.348 e. The summed E-state index contributed by atoms with van der Waals surface area (Å²) in [7, 11) is 0. The number of benzene rings is 1. The Labute approximate surface area is 84.0 Å². The van der Waals surface area contributed by atoms with Gasteiger partial charge >= 0.3 is 11.4 Å². The minimum Gasteiger partial charge on any atom is -0.872 e. The predicted octanol–water partition coefficient (Wildman–Crippen LogP) is 1.26. The fourth-order valence-corrected chi connectivity index (χ4v) is 1.05. The second kappa shape index (κ2) is 4.33. The summed E-state index contributed by atoms with van der Waals surface area (Å²) in [6.07, 6.45) is 0. The van der Waals surface area contributed by atoms with Gasteiger partial charge in [0.1, 0.15) is 0 Å². The van der Waals surface area contributed by atoms with Gasteiger partial charge in [-0.05, 0) is 6.92 Å². The van der Waals surface area contributed by atoms with E-state index in [1.165, 1.54) is 6.92 Å². The zero-order valence-corrected chi connectivity index (χ0v) is 8.09. The third kappa shape index (κ3) is 2.17. The van der Waals surface area contributed by atoms with E-state index in [0.717, 1.165) is 12.1 Å². The maximum atomic E-state index is 11.0. The monoisotopic (exact) mass is 215 g/mol. The van der Waals surface area contributed by atoms with Gasteiger partial charge in [-0.25, -0.2) is 0 Å². The second-order valence-electron chi connectivity index (χ2n) is 2.57. The molecule has 8 heteroatoms. The molecule has 0 bridgehead atoms. The Morgan fingerprint density at radius 2 is 1.67 bits per heavy atom. The lowest BCUT2D eigenvalue weighted by molar-refractivity contribution is -0.423. The van der Waals surface area contributed by atoms with Crippen LogP contribution in [-0.2, 0) is 0 Å². The lowest BCUT2D eigenvalue weighted by Crippen LogP contribution is -2.02. The van der Waals surface area contributed by atoms with E-state index in [0.29, 0.717) is 0 Å². The average molecular weight is 215 g/mol. The molecule has 0 atom stereocenters. The standard InChI is InChI=1S/C7H6N2O5.H3N/c1-4-6(10)3-2-5(8(11)12)7(4)9(13)14;/h2-3,10H,1H3;1H3. The van der Waals surface area contributed by atoms with Crippen molar-refractivity contribution in [3.05, 3.63) is 37.9 Å².